The quantitative estimate of drug-likeness (QED) is 0.793. The predicted octanol–water partition coefficient (Wildman–Crippen LogP) is 2.02. The molecule has 1 atom stereocenters. The average molecular weight is 257 g/mol. The number of nitrogens with zero attached hydrogens (tertiary/aromatic N) is 1. The van der Waals surface area contributed by atoms with Gasteiger partial charge in [0.15, 0.2) is 0 Å². The molecule has 5 heteroatoms. The van der Waals surface area contributed by atoms with E-state index in [0.717, 1.165) is 6.42 Å². The molecule has 0 aliphatic heterocycles. The fourth-order valence-electron chi connectivity index (χ4n) is 1.52. The van der Waals surface area contributed by atoms with Gasteiger partial charge in [-0.1, -0.05) is 31.0 Å². The van der Waals surface area contributed by atoms with Gasteiger partial charge in [-0.05, 0) is 25.5 Å². The van der Waals surface area contributed by atoms with Crippen molar-refractivity contribution >= 4 is 17.5 Å². The number of rotatable bonds is 5. The molecule has 4 nitrogen and oxygen atoms in total. The van der Waals surface area contributed by atoms with Gasteiger partial charge in [0.25, 0.3) is 5.91 Å². The molecule has 1 rings (SSSR count). The van der Waals surface area contributed by atoms with Crippen LogP contribution in [0.1, 0.15) is 37.2 Å². The molecule has 0 saturated heterocycles. The van der Waals surface area contributed by atoms with E-state index < -0.39 is 5.60 Å². The van der Waals surface area contributed by atoms with E-state index in [1.54, 1.807) is 25.1 Å². The van der Waals surface area contributed by atoms with Crippen molar-refractivity contribution in [2.45, 2.75) is 32.3 Å². The largest absolute Gasteiger partial charge is 0.388 e. The maximum atomic E-state index is 11.7. The third-order valence-electron chi connectivity index (χ3n) is 2.37. The standard InChI is InChI=1S/C12H17ClN2O2/c1-3-7-12(2,17)8-14-11(16)9-5-4-6-10(13)15-9/h4-6,17H,3,7-8H2,1-2H3,(H,14,16). The van der Waals surface area contributed by atoms with Crippen molar-refractivity contribution in [3.63, 3.8) is 0 Å². The molecule has 0 aromatic carbocycles. The van der Waals surface area contributed by atoms with Crippen molar-refractivity contribution in [1.82, 2.24) is 10.3 Å². The number of amides is 1. The van der Waals surface area contributed by atoms with Crippen LogP contribution in [-0.4, -0.2) is 28.1 Å². The fourth-order valence-corrected chi connectivity index (χ4v) is 1.69. The van der Waals surface area contributed by atoms with Gasteiger partial charge in [0.05, 0.1) is 5.60 Å². The molecule has 1 amide bonds. The SMILES string of the molecule is CCCC(C)(O)CNC(=O)c1cccc(Cl)n1. The predicted molar refractivity (Wildman–Crippen MR) is 67.1 cm³/mol. The molecule has 94 valence electrons. The summed E-state index contributed by atoms with van der Waals surface area (Å²) in [5.41, 5.74) is -0.631. The second-order valence-corrected chi connectivity index (χ2v) is 4.66. The van der Waals surface area contributed by atoms with E-state index in [1.807, 2.05) is 6.92 Å². The molecule has 0 aliphatic rings. The van der Waals surface area contributed by atoms with Gasteiger partial charge in [-0.25, -0.2) is 4.98 Å². The molecule has 1 aromatic heterocycles. The molecule has 2 N–H and O–H groups in total. The summed E-state index contributed by atoms with van der Waals surface area (Å²) < 4.78 is 0. The zero-order chi connectivity index (χ0) is 12.9. The second kappa shape index (κ2) is 5.98. The number of aromatic nitrogens is 1. The van der Waals surface area contributed by atoms with Gasteiger partial charge in [-0.15, -0.1) is 0 Å². The van der Waals surface area contributed by atoms with Crippen molar-refractivity contribution in [2.75, 3.05) is 6.54 Å². The van der Waals surface area contributed by atoms with E-state index in [-0.39, 0.29) is 23.3 Å². The first-order valence-electron chi connectivity index (χ1n) is 5.58. The Morgan fingerprint density at radius 3 is 2.88 bits per heavy atom. The number of nitrogens with one attached hydrogen (secondary N) is 1. The second-order valence-electron chi connectivity index (χ2n) is 4.28. The molecule has 1 aromatic rings. The monoisotopic (exact) mass is 256 g/mol. The third-order valence-corrected chi connectivity index (χ3v) is 2.58. The molecular formula is C12H17ClN2O2. The number of carbonyl (C=O) groups excluding carboxylic acids is 1. The van der Waals surface area contributed by atoms with Gasteiger partial charge < -0.3 is 10.4 Å². The van der Waals surface area contributed by atoms with Gasteiger partial charge in [0, 0.05) is 6.54 Å². The van der Waals surface area contributed by atoms with Crippen molar-refractivity contribution in [2.24, 2.45) is 0 Å². The van der Waals surface area contributed by atoms with Gasteiger partial charge in [-0.2, -0.15) is 0 Å². The van der Waals surface area contributed by atoms with E-state index in [9.17, 15) is 9.90 Å². The van der Waals surface area contributed by atoms with Crippen LogP contribution in [0.2, 0.25) is 5.15 Å². The van der Waals surface area contributed by atoms with Crippen LogP contribution >= 0.6 is 11.6 Å². The summed E-state index contributed by atoms with van der Waals surface area (Å²) >= 11 is 5.69. The van der Waals surface area contributed by atoms with Gasteiger partial charge in [0.2, 0.25) is 0 Å². The Hall–Kier alpha value is -1.13. The van der Waals surface area contributed by atoms with Crippen LogP contribution in [0.3, 0.4) is 0 Å². The summed E-state index contributed by atoms with van der Waals surface area (Å²) in [6.45, 7) is 3.88. The minimum atomic E-state index is -0.886. The van der Waals surface area contributed by atoms with Gasteiger partial charge in [0.1, 0.15) is 10.8 Å². The van der Waals surface area contributed by atoms with Crippen molar-refractivity contribution in [3.05, 3.63) is 29.0 Å². The number of carbonyl (C=O) groups is 1. The highest BCUT2D eigenvalue weighted by Crippen LogP contribution is 2.10. The number of pyridine rings is 1. The van der Waals surface area contributed by atoms with E-state index in [1.165, 1.54) is 0 Å². The zero-order valence-electron chi connectivity index (χ0n) is 10.0. The van der Waals surface area contributed by atoms with E-state index >= 15 is 0 Å². The highest BCUT2D eigenvalue weighted by Gasteiger charge is 2.20. The van der Waals surface area contributed by atoms with E-state index in [2.05, 4.69) is 10.3 Å². The maximum Gasteiger partial charge on any atom is 0.270 e. The van der Waals surface area contributed by atoms with Crippen LogP contribution in [0.4, 0.5) is 0 Å². The summed E-state index contributed by atoms with van der Waals surface area (Å²) in [5, 5.41) is 12.8. The average Bonchev–Trinajstić information content (AvgIpc) is 2.26. The molecule has 0 radical (unpaired) electrons. The van der Waals surface area contributed by atoms with Crippen LogP contribution < -0.4 is 5.32 Å². The zero-order valence-corrected chi connectivity index (χ0v) is 10.8. The van der Waals surface area contributed by atoms with Crippen molar-refractivity contribution in [3.8, 4) is 0 Å². The first kappa shape index (κ1) is 13.9. The molecule has 0 fully saturated rings. The van der Waals surface area contributed by atoms with Gasteiger partial charge >= 0.3 is 0 Å². The summed E-state index contributed by atoms with van der Waals surface area (Å²) in [4.78, 5) is 15.6. The molecule has 1 unspecified atom stereocenters. The third kappa shape index (κ3) is 4.71. The number of halogens is 1. The lowest BCUT2D eigenvalue weighted by Gasteiger charge is -2.22. The van der Waals surface area contributed by atoms with Crippen molar-refractivity contribution < 1.29 is 9.90 Å². The minimum absolute atomic E-state index is 0.202. The first-order valence-corrected chi connectivity index (χ1v) is 5.95. The van der Waals surface area contributed by atoms with Crippen LogP contribution in [0, 0.1) is 0 Å². The smallest absolute Gasteiger partial charge is 0.270 e. The Morgan fingerprint density at radius 2 is 2.29 bits per heavy atom. The highest BCUT2D eigenvalue weighted by molar-refractivity contribution is 6.29. The van der Waals surface area contributed by atoms with Crippen LogP contribution in [0.5, 0.6) is 0 Å². The van der Waals surface area contributed by atoms with Crippen LogP contribution in [-0.2, 0) is 0 Å². The van der Waals surface area contributed by atoms with Crippen LogP contribution in [0.25, 0.3) is 0 Å². The number of aliphatic hydroxyl groups is 1. The minimum Gasteiger partial charge on any atom is -0.388 e. The molecule has 0 saturated carbocycles. The number of hydrogen-bond donors (Lipinski definition) is 2. The lowest BCUT2D eigenvalue weighted by Crippen LogP contribution is -2.40. The fraction of sp³-hybridized carbons (Fsp3) is 0.500. The molecule has 0 aliphatic carbocycles. The Morgan fingerprint density at radius 1 is 1.59 bits per heavy atom. The Kier molecular flexibility index (Phi) is 4.90. The highest BCUT2D eigenvalue weighted by atomic mass is 35.5. The summed E-state index contributed by atoms with van der Waals surface area (Å²) in [6, 6.07) is 4.84. The van der Waals surface area contributed by atoms with Crippen LogP contribution in [0.15, 0.2) is 18.2 Å². The topological polar surface area (TPSA) is 62.2 Å². The van der Waals surface area contributed by atoms with Crippen molar-refractivity contribution in [1.29, 1.82) is 0 Å². The van der Waals surface area contributed by atoms with E-state index in [0.29, 0.717) is 6.42 Å². The lowest BCUT2D eigenvalue weighted by atomic mass is 10.0. The molecule has 0 bridgehead atoms. The first-order chi connectivity index (χ1) is 7.94. The summed E-state index contributed by atoms with van der Waals surface area (Å²) in [6.07, 6.45) is 1.49. The molecular weight excluding hydrogens is 240 g/mol. The maximum absolute atomic E-state index is 11.7. The lowest BCUT2D eigenvalue weighted by molar-refractivity contribution is 0.0468. The van der Waals surface area contributed by atoms with E-state index in [4.69, 9.17) is 11.6 Å². The summed E-state index contributed by atoms with van der Waals surface area (Å²) in [5.74, 6) is -0.330. The number of hydrogen-bond acceptors (Lipinski definition) is 3. The van der Waals surface area contributed by atoms with Gasteiger partial charge in [-0.3, -0.25) is 4.79 Å². The molecule has 0 spiro atoms. The Bertz CT molecular complexity index is 394. The summed E-state index contributed by atoms with van der Waals surface area (Å²) in [7, 11) is 0. The molecule has 1 heterocycles. The normalized spacial score (nSPS) is 14.1. The Balaban J connectivity index is 2.56. The molecule has 17 heavy (non-hydrogen) atoms. The Labute approximate surface area is 106 Å².